The van der Waals surface area contributed by atoms with Gasteiger partial charge in [-0.25, -0.2) is 4.98 Å². The maximum Gasteiger partial charge on any atom is 0.0715 e. The van der Waals surface area contributed by atoms with Crippen LogP contribution < -0.4 is 0 Å². The number of hydrogen-bond acceptors (Lipinski definition) is 1. The van der Waals surface area contributed by atoms with Crippen molar-refractivity contribution < 1.29 is 0 Å². The Hall–Kier alpha value is -5.21. The lowest BCUT2D eigenvalue weighted by Crippen LogP contribution is -2.19. The van der Waals surface area contributed by atoms with Crippen molar-refractivity contribution >= 4 is 10.9 Å². The zero-order chi connectivity index (χ0) is 28.3. The van der Waals surface area contributed by atoms with Crippen molar-refractivity contribution in [1.29, 1.82) is 0 Å². The van der Waals surface area contributed by atoms with Gasteiger partial charge in [0.2, 0.25) is 0 Å². The van der Waals surface area contributed by atoms with E-state index >= 15 is 0 Å². The van der Waals surface area contributed by atoms with Crippen molar-refractivity contribution in [2.75, 3.05) is 0 Å². The van der Waals surface area contributed by atoms with Crippen LogP contribution >= 0.6 is 0 Å². The second-order valence-electron chi connectivity index (χ2n) is 11.7. The van der Waals surface area contributed by atoms with Gasteiger partial charge in [-0.05, 0) is 52.6 Å². The average Bonchev–Trinajstić information content (AvgIpc) is 3.52. The molecule has 2 heteroatoms. The molecule has 0 radical (unpaired) electrons. The first-order valence-electron chi connectivity index (χ1n) is 14.6. The summed E-state index contributed by atoms with van der Waals surface area (Å²) in [6.45, 7) is 4.71. The van der Waals surface area contributed by atoms with Crippen molar-refractivity contribution in [3.8, 4) is 50.5 Å². The smallest absolute Gasteiger partial charge is 0.0715 e. The highest BCUT2D eigenvalue weighted by Gasteiger charge is 2.40. The minimum atomic E-state index is -0.107. The zero-order valence-corrected chi connectivity index (χ0v) is 23.8. The molecule has 2 nitrogen and oxygen atoms in total. The first kappa shape index (κ1) is 24.6. The summed E-state index contributed by atoms with van der Waals surface area (Å²) in [5, 5.41) is 1.31. The van der Waals surface area contributed by atoms with E-state index in [0.29, 0.717) is 0 Å². The third kappa shape index (κ3) is 3.76. The molecule has 0 aliphatic heterocycles. The normalized spacial score (nSPS) is 13.2. The van der Waals surface area contributed by atoms with Crippen LogP contribution in [0.25, 0.3) is 61.4 Å². The highest BCUT2D eigenvalue weighted by Crippen LogP contribution is 2.53. The van der Waals surface area contributed by atoms with E-state index in [1.165, 1.54) is 44.5 Å². The molecular weight excluding hydrogens is 508 g/mol. The molecule has 0 spiro atoms. The number of nitrogens with zero attached hydrogens (tertiary/aromatic N) is 2. The number of hydrogen-bond donors (Lipinski definition) is 0. The van der Waals surface area contributed by atoms with Gasteiger partial charge < -0.3 is 4.57 Å². The Morgan fingerprint density at radius 1 is 0.524 bits per heavy atom. The molecule has 7 aromatic rings. The predicted molar refractivity (Wildman–Crippen MR) is 175 cm³/mol. The Labute approximate surface area is 246 Å². The fourth-order valence-corrected chi connectivity index (χ4v) is 6.76. The minimum Gasteiger partial charge on any atom is -0.312 e. The molecule has 1 aliphatic rings. The van der Waals surface area contributed by atoms with Crippen LogP contribution in [0.3, 0.4) is 0 Å². The molecule has 5 aromatic carbocycles. The van der Waals surface area contributed by atoms with Gasteiger partial charge in [0.15, 0.2) is 0 Å². The van der Waals surface area contributed by atoms with Gasteiger partial charge in [-0.2, -0.15) is 0 Å². The molecular formula is C40H30N2. The number of aromatic nitrogens is 2. The van der Waals surface area contributed by atoms with E-state index < -0.39 is 0 Å². The summed E-state index contributed by atoms with van der Waals surface area (Å²) in [4.78, 5) is 5.06. The summed E-state index contributed by atoms with van der Waals surface area (Å²) >= 11 is 0. The van der Waals surface area contributed by atoms with Crippen LogP contribution in [0.4, 0.5) is 0 Å². The first-order valence-corrected chi connectivity index (χ1v) is 14.6. The second-order valence-corrected chi connectivity index (χ2v) is 11.7. The maximum atomic E-state index is 5.06. The van der Waals surface area contributed by atoms with Crippen molar-refractivity contribution in [3.05, 3.63) is 157 Å². The van der Waals surface area contributed by atoms with Crippen molar-refractivity contribution in [1.82, 2.24) is 9.55 Å². The number of fused-ring (bicyclic) bond motifs is 5. The van der Waals surface area contributed by atoms with Crippen LogP contribution in [0.2, 0.25) is 0 Å². The molecule has 2 aromatic heterocycles. The first-order chi connectivity index (χ1) is 20.6. The van der Waals surface area contributed by atoms with Crippen LogP contribution in [0.1, 0.15) is 25.1 Å². The predicted octanol–water partition coefficient (Wildman–Crippen LogP) is 10.3. The van der Waals surface area contributed by atoms with Gasteiger partial charge >= 0.3 is 0 Å². The molecule has 0 amide bonds. The van der Waals surface area contributed by atoms with Gasteiger partial charge in [-0.3, -0.25) is 0 Å². The molecule has 1 aliphatic carbocycles. The van der Waals surface area contributed by atoms with Gasteiger partial charge in [-0.15, -0.1) is 0 Å². The highest BCUT2D eigenvalue weighted by atomic mass is 15.0. The van der Waals surface area contributed by atoms with E-state index in [1.54, 1.807) is 0 Å². The number of benzene rings is 5. The maximum absolute atomic E-state index is 5.06. The standard InChI is InChI=1S/C40H30N2/c1-40(2)34-19-11-9-17-32(34)38-33-18-10-12-20-37(33)42(39(38)40)31-23-21-27(22-24-31)30-25-35(28-13-5-3-6-14-28)41-36(26-30)29-15-7-4-8-16-29/h3-26H,1-2H3. The fraction of sp³-hybridized carbons (Fsp3) is 0.0750. The molecule has 8 rings (SSSR count). The van der Waals surface area contributed by atoms with Crippen molar-refractivity contribution in [2.24, 2.45) is 0 Å². The second kappa shape index (κ2) is 9.43. The van der Waals surface area contributed by atoms with Gasteiger partial charge in [0.25, 0.3) is 0 Å². The molecule has 0 saturated heterocycles. The SMILES string of the molecule is CC1(C)c2ccccc2-c2c1n(-c1ccc(-c3cc(-c4ccccc4)nc(-c4ccccc4)c3)cc1)c1ccccc21. The highest BCUT2D eigenvalue weighted by molar-refractivity contribution is 6.03. The van der Waals surface area contributed by atoms with E-state index in [0.717, 1.165) is 28.1 Å². The molecule has 0 N–H and O–H groups in total. The number of pyridine rings is 1. The van der Waals surface area contributed by atoms with Gasteiger partial charge in [0.05, 0.1) is 16.9 Å². The van der Waals surface area contributed by atoms with E-state index in [-0.39, 0.29) is 5.41 Å². The van der Waals surface area contributed by atoms with E-state index in [2.05, 4.69) is 152 Å². The van der Waals surface area contributed by atoms with Gasteiger partial charge in [-0.1, -0.05) is 129 Å². The van der Waals surface area contributed by atoms with Crippen LogP contribution in [0.15, 0.2) is 146 Å². The van der Waals surface area contributed by atoms with Crippen LogP contribution in [-0.4, -0.2) is 9.55 Å². The van der Waals surface area contributed by atoms with Gasteiger partial charge in [0, 0.05) is 38.9 Å². The molecule has 0 fully saturated rings. The lowest BCUT2D eigenvalue weighted by Gasteiger charge is -2.24. The Bertz CT molecular complexity index is 2020. The quantitative estimate of drug-likeness (QED) is 0.218. The molecule has 2 heterocycles. The van der Waals surface area contributed by atoms with Crippen LogP contribution in [0.5, 0.6) is 0 Å². The van der Waals surface area contributed by atoms with Crippen molar-refractivity contribution in [2.45, 2.75) is 19.3 Å². The number of para-hydroxylation sites is 1. The molecule has 200 valence electrons. The summed E-state index contributed by atoms with van der Waals surface area (Å²) in [6, 6.07) is 52.1. The Morgan fingerprint density at radius 2 is 1.10 bits per heavy atom. The Morgan fingerprint density at radius 3 is 1.76 bits per heavy atom. The third-order valence-electron chi connectivity index (χ3n) is 8.76. The monoisotopic (exact) mass is 538 g/mol. The van der Waals surface area contributed by atoms with E-state index in [9.17, 15) is 0 Å². The zero-order valence-electron chi connectivity index (χ0n) is 23.8. The molecule has 0 unspecified atom stereocenters. The third-order valence-corrected chi connectivity index (χ3v) is 8.76. The lowest BCUT2D eigenvalue weighted by atomic mass is 9.85. The van der Waals surface area contributed by atoms with E-state index in [1.807, 2.05) is 12.1 Å². The largest absolute Gasteiger partial charge is 0.312 e. The molecule has 42 heavy (non-hydrogen) atoms. The summed E-state index contributed by atoms with van der Waals surface area (Å²) < 4.78 is 2.48. The summed E-state index contributed by atoms with van der Waals surface area (Å²) in [5.74, 6) is 0. The molecule has 0 saturated carbocycles. The van der Waals surface area contributed by atoms with Crippen LogP contribution in [0, 0.1) is 0 Å². The van der Waals surface area contributed by atoms with Gasteiger partial charge in [0.1, 0.15) is 0 Å². The average molecular weight is 539 g/mol. The summed E-state index contributed by atoms with van der Waals surface area (Å²) in [7, 11) is 0. The molecule has 0 atom stereocenters. The lowest BCUT2D eigenvalue weighted by molar-refractivity contribution is 0.624. The summed E-state index contributed by atoms with van der Waals surface area (Å²) in [6.07, 6.45) is 0. The Kier molecular flexibility index (Phi) is 5.52. The van der Waals surface area contributed by atoms with E-state index in [4.69, 9.17) is 4.98 Å². The number of rotatable bonds is 4. The summed E-state index contributed by atoms with van der Waals surface area (Å²) in [5.41, 5.74) is 14.3. The van der Waals surface area contributed by atoms with Crippen LogP contribution in [-0.2, 0) is 5.41 Å². The minimum absolute atomic E-state index is 0.107. The van der Waals surface area contributed by atoms with Crippen molar-refractivity contribution in [3.63, 3.8) is 0 Å². The topological polar surface area (TPSA) is 17.8 Å². The fourth-order valence-electron chi connectivity index (χ4n) is 6.76. The molecule has 0 bridgehead atoms. The Balaban J connectivity index is 1.28.